The molecular formula is C24H29FN4O2. The molecule has 0 unspecified atom stereocenters. The molecule has 0 amide bonds. The van der Waals surface area contributed by atoms with E-state index in [1.54, 1.807) is 18.2 Å². The summed E-state index contributed by atoms with van der Waals surface area (Å²) < 4.78 is 13.9. The zero-order valence-corrected chi connectivity index (χ0v) is 17.7. The molecule has 2 aromatic rings. The zero-order chi connectivity index (χ0) is 22.1. The van der Waals surface area contributed by atoms with Crippen LogP contribution in [0.3, 0.4) is 0 Å². The van der Waals surface area contributed by atoms with E-state index in [9.17, 15) is 4.39 Å². The van der Waals surface area contributed by atoms with Crippen molar-refractivity contribution in [3.05, 3.63) is 59.5 Å². The number of hydrogen-bond acceptors (Lipinski definition) is 5. The lowest BCUT2D eigenvalue weighted by molar-refractivity contribution is -0.122. The van der Waals surface area contributed by atoms with Crippen LogP contribution in [0, 0.1) is 29.0 Å². The smallest absolute Gasteiger partial charge is 0.290 e. The summed E-state index contributed by atoms with van der Waals surface area (Å²) in [5, 5.41) is 15.9. The summed E-state index contributed by atoms with van der Waals surface area (Å²) in [6, 6.07) is 14.9. The first-order valence-electron chi connectivity index (χ1n) is 10.8. The van der Waals surface area contributed by atoms with Crippen molar-refractivity contribution in [3.63, 3.8) is 0 Å². The van der Waals surface area contributed by atoms with Gasteiger partial charge in [0.05, 0.1) is 0 Å². The van der Waals surface area contributed by atoms with E-state index in [-0.39, 0.29) is 12.3 Å². The summed E-state index contributed by atoms with van der Waals surface area (Å²) in [5.74, 6) is 2.38. The Labute approximate surface area is 182 Å². The number of benzene rings is 1. The predicted octanol–water partition coefficient (Wildman–Crippen LogP) is 3.92. The van der Waals surface area contributed by atoms with Gasteiger partial charge in [0.25, 0.3) is 6.47 Å². The van der Waals surface area contributed by atoms with Gasteiger partial charge in [0.1, 0.15) is 23.4 Å². The quantitative estimate of drug-likeness (QED) is 0.750. The van der Waals surface area contributed by atoms with E-state index in [1.165, 1.54) is 25.7 Å². The maximum absolute atomic E-state index is 13.9. The van der Waals surface area contributed by atoms with Crippen LogP contribution in [0.5, 0.6) is 0 Å². The molecule has 4 rings (SSSR count). The number of nitriles is 1. The Morgan fingerprint density at radius 3 is 2.26 bits per heavy atom. The van der Waals surface area contributed by atoms with E-state index >= 15 is 0 Å². The van der Waals surface area contributed by atoms with Gasteiger partial charge in [-0.15, -0.1) is 0 Å². The monoisotopic (exact) mass is 424 g/mol. The third-order valence-corrected chi connectivity index (χ3v) is 6.36. The van der Waals surface area contributed by atoms with Gasteiger partial charge < -0.3 is 10.0 Å². The van der Waals surface area contributed by atoms with Crippen LogP contribution in [-0.4, -0.2) is 47.6 Å². The molecule has 1 aromatic heterocycles. The number of likely N-dealkylation sites (tertiary alicyclic amines) is 1. The first-order valence-corrected chi connectivity index (χ1v) is 10.8. The van der Waals surface area contributed by atoms with Crippen LogP contribution in [0.15, 0.2) is 42.5 Å². The SMILES string of the molecule is N#Cc1cccc(N2CCC(C3CCN(Cc4ccccc4F)CC3)CC2)n1.O=CO. The number of rotatable bonds is 4. The van der Waals surface area contributed by atoms with Gasteiger partial charge in [-0.25, -0.2) is 9.37 Å². The molecule has 2 aliphatic heterocycles. The number of anilines is 1. The Hall–Kier alpha value is -2.98. The summed E-state index contributed by atoms with van der Waals surface area (Å²) in [7, 11) is 0. The highest BCUT2D eigenvalue weighted by Crippen LogP contribution is 2.34. The fraction of sp³-hybridized carbons (Fsp3) is 0.458. The van der Waals surface area contributed by atoms with Crippen molar-refractivity contribution in [1.82, 2.24) is 9.88 Å². The first kappa shape index (κ1) is 22.7. The lowest BCUT2D eigenvalue weighted by atomic mass is 9.78. The molecule has 0 aliphatic carbocycles. The summed E-state index contributed by atoms with van der Waals surface area (Å²) in [5.41, 5.74) is 1.29. The molecule has 0 atom stereocenters. The molecule has 3 heterocycles. The minimum atomic E-state index is -0.250. The molecular weight excluding hydrogens is 395 g/mol. The second-order valence-electron chi connectivity index (χ2n) is 8.13. The van der Waals surface area contributed by atoms with Gasteiger partial charge in [0.2, 0.25) is 0 Å². The minimum Gasteiger partial charge on any atom is -0.483 e. The molecule has 0 saturated carbocycles. The average Bonchev–Trinajstić information content (AvgIpc) is 2.82. The normalized spacial score (nSPS) is 18.0. The van der Waals surface area contributed by atoms with Gasteiger partial charge in [0, 0.05) is 25.2 Å². The number of carboxylic acid groups (broad SMARTS) is 1. The number of aromatic nitrogens is 1. The molecule has 31 heavy (non-hydrogen) atoms. The van der Waals surface area contributed by atoms with Crippen LogP contribution >= 0.6 is 0 Å². The first-order chi connectivity index (χ1) is 15.1. The Balaban J connectivity index is 0.000000858. The van der Waals surface area contributed by atoms with E-state index in [2.05, 4.69) is 20.9 Å². The molecule has 2 fully saturated rings. The molecule has 7 heteroatoms. The highest BCUT2D eigenvalue weighted by atomic mass is 19.1. The van der Waals surface area contributed by atoms with E-state index in [0.29, 0.717) is 5.69 Å². The van der Waals surface area contributed by atoms with Crippen molar-refractivity contribution in [2.75, 3.05) is 31.1 Å². The predicted molar refractivity (Wildman–Crippen MR) is 117 cm³/mol. The number of carbonyl (C=O) groups is 1. The average molecular weight is 425 g/mol. The van der Waals surface area contributed by atoms with E-state index in [1.807, 2.05) is 24.3 Å². The molecule has 6 nitrogen and oxygen atoms in total. The van der Waals surface area contributed by atoms with Crippen molar-refractivity contribution < 1.29 is 14.3 Å². The van der Waals surface area contributed by atoms with Crippen molar-refractivity contribution >= 4 is 12.3 Å². The largest absolute Gasteiger partial charge is 0.483 e. The Bertz CT molecular complexity index is 885. The molecule has 2 aliphatic rings. The fourth-order valence-electron chi connectivity index (χ4n) is 4.71. The van der Waals surface area contributed by atoms with Gasteiger partial charge >= 0.3 is 0 Å². The van der Waals surface area contributed by atoms with Gasteiger partial charge in [-0.2, -0.15) is 5.26 Å². The van der Waals surface area contributed by atoms with E-state index in [4.69, 9.17) is 15.2 Å². The number of piperidine rings is 2. The lowest BCUT2D eigenvalue weighted by Crippen LogP contribution is -2.41. The standard InChI is InChI=1S/C23H27FN4.CH2O2/c24-22-6-2-1-4-20(22)17-27-12-8-18(9-13-27)19-10-14-28(15-11-19)23-7-3-5-21(16-25)26-23;2-1-3/h1-7,18-19H,8-15,17H2;1H,(H,2,3). The van der Waals surface area contributed by atoms with Crippen molar-refractivity contribution in [1.29, 1.82) is 5.26 Å². The second kappa shape index (κ2) is 11.4. The number of nitrogens with zero attached hydrogens (tertiary/aromatic N) is 4. The molecule has 2 saturated heterocycles. The zero-order valence-electron chi connectivity index (χ0n) is 17.7. The van der Waals surface area contributed by atoms with Crippen LogP contribution in [0.25, 0.3) is 0 Å². The van der Waals surface area contributed by atoms with Crippen LogP contribution in [0.1, 0.15) is 36.9 Å². The Kier molecular flexibility index (Phi) is 8.36. The van der Waals surface area contributed by atoms with Gasteiger partial charge in [-0.1, -0.05) is 24.3 Å². The highest BCUT2D eigenvalue weighted by Gasteiger charge is 2.30. The maximum Gasteiger partial charge on any atom is 0.290 e. The summed E-state index contributed by atoms with van der Waals surface area (Å²) in [6.07, 6.45) is 4.80. The topological polar surface area (TPSA) is 80.5 Å². The Morgan fingerprint density at radius 1 is 1.03 bits per heavy atom. The van der Waals surface area contributed by atoms with Crippen molar-refractivity contribution in [3.8, 4) is 6.07 Å². The second-order valence-corrected chi connectivity index (χ2v) is 8.13. The van der Waals surface area contributed by atoms with Gasteiger partial charge in [-0.3, -0.25) is 9.69 Å². The third-order valence-electron chi connectivity index (χ3n) is 6.36. The molecule has 0 radical (unpaired) electrons. The highest BCUT2D eigenvalue weighted by molar-refractivity contribution is 5.41. The molecule has 164 valence electrons. The van der Waals surface area contributed by atoms with E-state index in [0.717, 1.165) is 55.9 Å². The fourth-order valence-corrected chi connectivity index (χ4v) is 4.71. The van der Waals surface area contributed by atoms with Crippen LogP contribution in [0.2, 0.25) is 0 Å². The van der Waals surface area contributed by atoms with E-state index < -0.39 is 0 Å². The number of halogens is 1. The number of hydrogen-bond donors (Lipinski definition) is 1. The third kappa shape index (κ3) is 6.25. The van der Waals surface area contributed by atoms with Crippen molar-refractivity contribution in [2.24, 2.45) is 11.8 Å². The number of pyridine rings is 1. The summed E-state index contributed by atoms with van der Waals surface area (Å²) in [4.78, 5) is 17.5. The summed E-state index contributed by atoms with van der Waals surface area (Å²) >= 11 is 0. The molecule has 1 N–H and O–H groups in total. The van der Waals surface area contributed by atoms with Gasteiger partial charge in [-0.05, 0) is 68.8 Å². The van der Waals surface area contributed by atoms with Crippen LogP contribution < -0.4 is 4.90 Å². The maximum atomic E-state index is 13.9. The Morgan fingerprint density at radius 2 is 1.65 bits per heavy atom. The summed E-state index contributed by atoms with van der Waals surface area (Å²) in [6.45, 7) is 4.62. The molecule has 0 bridgehead atoms. The minimum absolute atomic E-state index is 0.0916. The van der Waals surface area contributed by atoms with Gasteiger partial charge in [0.15, 0.2) is 0 Å². The van der Waals surface area contributed by atoms with Crippen LogP contribution in [-0.2, 0) is 11.3 Å². The lowest BCUT2D eigenvalue weighted by Gasteiger charge is -2.40. The molecule has 0 spiro atoms. The molecule has 1 aromatic carbocycles. The van der Waals surface area contributed by atoms with Crippen molar-refractivity contribution in [2.45, 2.75) is 32.2 Å². The van der Waals surface area contributed by atoms with Crippen LogP contribution in [0.4, 0.5) is 10.2 Å².